The van der Waals surface area contributed by atoms with Gasteiger partial charge in [-0.15, -0.1) is 0 Å². The third-order valence-electron chi connectivity index (χ3n) is 7.87. The van der Waals surface area contributed by atoms with E-state index in [1.54, 1.807) is 26.2 Å². The van der Waals surface area contributed by atoms with Crippen molar-refractivity contribution in [3.8, 4) is 11.1 Å². The van der Waals surface area contributed by atoms with Crippen LogP contribution >= 0.6 is 11.6 Å². The van der Waals surface area contributed by atoms with Crippen molar-refractivity contribution in [2.75, 3.05) is 18.5 Å². The first-order valence-electron chi connectivity index (χ1n) is 12.9. The number of H-pyrrole nitrogens is 1. The maximum absolute atomic E-state index is 13.9. The molecule has 3 aromatic heterocycles. The summed E-state index contributed by atoms with van der Waals surface area (Å²) in [5.74, 6) is -0.382. The van der Waals surface area contributed by atoms with E-state index in [2.05, 4.69) is 21.2 Å². The number of aromatic amines is 1. The summed E-state index contributed by atoms with van der Waals surface area (Å²) >= 11 is 6.68. The Kier molecular flexibility index (Phi) is 5.38. The Bertz CT molecular complexity index is 1770. The van der Waals surface area contributed by atoms with E-state index in [0.717, 1.165) is 44.4 Å². The van der Waals surface area contributed by atoms with Crippen LogP contribution in [0.3, 0.4) is 0 Å². The second-order valence-corrected chi connectivity index (χ2v) is 10.6. The second-order valence-electron chi connectivity index (χ2n) is 10.3. The molecule has 0 saturated heterocycles. The lowest BCUT2D eigenvalue weighted by molar-refractivity contribution is -0.122. The van der Waals surface area contributed by atoms with Gasteiger partial charge in [-0.1, -0.05) is 41.9 Å². The zero-order chi connectivity index (χ0) is 26.8. The molecule has 0 fully saturated rings. The predicted molar refractivity (Wildman–Crippen MR) is 149 cm³/mol. The first kappa shape index (κ1) is 23.7. The topological polar surface area (TPSA) is 92.1 Å². The highest BCUT2D eigenvalue weighted by molar-refractivity contribution is 6.31. The lowest BCUT2D eigenvalue weighted by Crippen LogP contribution is -2.53. The Morgan fingerprint density at radius 3 is 2.69 bits per heavy atom. The summed E-state index contributed by atoms with van der Waals surface area (Å²) < 4.78 is 3.43. The number of rotatable bonds is 4. The number of hydrogen-bond acceptors (Lipinski definition) is 4. The van der Waals surface area contributed by atoms with Crippen LogP contribution in [0, 0.1) is 0 Å². The second kappa shape index (κ2) is 8.84. The molecule has 1 N–H and O–H groups in total. The number of hydrogen-bond donors (Lipinski definition) is 1. The van der Waals surface area contributed by atoms with Gasteiger partial charge in [-0.25, -0.2) is 4.68 Å². The Morgan fingerprint density at radius 1 is 1.10 bits per heavy atom. The Hall–Kier alpha value is -4.37. The predicted octanol–water partition coefficient (Wildman–Crippen LogP) is 4.05. The molecular formula is C29H26ClN7O2. The van der Waals surface area contributed by atoms with Gasteiger partial charge in [-0.05, 0) is 35.2 Å². The lowest BCUT2D eigenvalue weighted by Gasteiger charge is -2.34. The lowest BCUT2D eigenvalue weighted by atomic mass is 9.99. The minimum Gasteiger partial charge on any atom is -0.361 e. The van der Waals surface area contributed by atoms with Crippen LogP contribution in [0.1, 0.15) is 27.2 Å². The van der Waals surface area contributed by atoms with Crippen LogP contribution in [0.4, 0.5) is 5.69 Å². The van der Waals surface area contributed by atoms with Crippen LogP contribution < -0.4 is 4.90 Å². The van der Waals surface area contributed by atoms with Crippen LogP contribution in [0.5, 0.6) is 0 Å². The van der Waals surface area contributed by atoms with Crippen molar-refractivity contribution in [3.05, 3.63) is 88.6 Å². The maximum Gasteiger partial charge on any atom is 0.275 e. The number of halogens is 1. The monoisotopic (exact) mass is 539 g/mol. The highest BCUT2D eigenvalue weighted by Crippen LogP contribution is 2.39. The first-order chi connectivity index (χ1) is 18.9. The maximum atomic E-state index is 13.9. The SMILES string of the molecule is CN1C(=O)[C@@H](N2CCc3c(nn(Cc4ccccc4)c3Cl)C2=O)Cc2c[nH]c3cc(-c4cnn(C)c4)cc1c23. The summed E-state index contributed by atoms with van der Waals surface area (Å²) in [5, 5.41) is 10.4. The quantitative estimate of drug-likeness (QED) is 0.373. The first-order valence-corrected chi connectivity index (χ1v) is 13.3. The molecule has 5 heterocycles. The number of amides is 2. The van der Waals surface area contributed by atoms with Gasteiger partial charge in [0.05, 0.1) is 18.4 Å². The fourth-order valence-corrected chi connectivity index (χ4v) is 6.14. The van der Waals surface area contributed by atoms with Crippen molar-refractivity contribution in [2.45, 2.75) is 25.4 Å². The van der Waals surface area contributed by atoms with Crippen molar-refractivity contribution in [2.24, 2.45) is 7.05 Å². The smallest absolute Gasteiger partial charge is 0.275 e. The van der Waals surface area contributed by atoms with Crippen LogP contribution in [0.2, 0.25) is 5.15 Å². The number of nitrogens with zero attached hydrogens (tertiary/aromatic N) is 6. The molecule has 196 valence electrons. The summed E-state index contributed by atoms with van der Waals surface area (Å²) in [4.78, 5) is 34.5. The number of likely N-dealkylation sites (N-methyl/N-ethyl adjacent to an activating group) is 1. The molecule has 5 aromatic rings. The van der Waals surface area contributed by atoms with Crippen molar-refractivity contribution in [3.63, 3.8) is 0 Å². The molecule has 0 saturated carbocycles. The minimum atomic E-state index is -0.651. The van der Waals surface area contributed by atoms with Crippen molar-refractivity contribution < 1.29 is 9.59 Å². The molecule has 0 aliphatic carbocycles. The molecule has 2 aliphatic heterocycles. The number of carbonyl (C=O) groups is 2. The third kappa shape index (κ3) is 3.76. The minimum absolute atomic E-state index is 0.123. The van der Waals surface area contributed by atoms with Gasteiger partial charge in [-0.2, -0.15) is 10.2 Å². The van der Waals surface area contributed by atoms with Crippen molar-refractivity contribution >= 4 is 40.0 Å². The molecule has 39 heavy (non-hydrogen) atoms. The number of nitrogens with one attached hydrogen (secondary N) is 1. The highest BCUT2D eigenvalue weighted by Gasteiger charge is 2.41. The van der Waals surface area contributed by atoms with Gasteiger partial charge in [0.2, 0.25) is 5.91 Å². The van der Waals surface area contributed by atoms with Gasteiger partial charge in [0.15, 0.2) is 5.69 Å². The van der Waals surface area contributed by atoms with Gasteiger partial charge in [-0.3, -0.25) is 14.3 Å². The number of aryl methyl sites for hydroxylation is 1. The molecular weight excluding hydrogens is 514 g/mol. The van der Waals surface area contributed by atoms with Gasteiger partial charge in [0, 0.05) is 61.5 Å². The van der Waals surface area contributed by atoms with E-state index >= 15 is 0 Å². The number of carbonyl (C=O) groups excluding carboxylic acids is 2. The summed E-state index contributed by atoms with van der Waals surface area (Å²) in [5.41, 5.74) is 6.82. The number of anilines is 1. The molecule has 10 heteroatoms. The number of aromatic nitrogens is 5. The molecule has 0 unspecified atom stereocenters. The zero-order valence-corrected chi connectivity index (χ0v) is 22.3. The third-order valence-corrected chi connectivity index (χ3v) is 8.29. The molecule has 2 aliphatic rings. The summed E-state index contributed by atoms with van der Waals surface area (Å²) in [6.07, 6.45) is 6.67. The van der Waals surface area contributed by atoms with E-state index in [1.807, 2.05) is 62.0 Å². The van der Waals surface area contributed by atoms with Gasteiger partial charge >= 0.3 is 0 Å². The van der Waals surface area contributed by atoms with Crippen LogP contribution in [0.25, 0.3) is 22.0 Å². The molecule has 0 spiro atoms. The normalized spacial score (nSPS) is 17.2. The van der Waals surface area contributed by atoms with E-state index in [4.69, 9.17) is 11.6 Å². The Morgan fingerprint density at radius 2 is 1.92 bits per heavy atom. The average Bonchev–Trinajstić information content (AvgIpc) is 3.63. The average molecular weight is 540 g/mol. The molecule has 2 aromatic carbocycles. The van der Waals surface area contributed by atoms with Crippen LogP contribution in [-0.4, -0.2) is 60.9 Å². The highest BCUT2D eigenvalue weighted by atomic mass is 35.5. The van der Waals surface area contributed by atoms with Crippen molar-refractivity contribution in [1.29, 1.82) is 0 Å². The fraction of sp³-hybridized carbons (Fsp3) is 0.241. The molecule has 7 rings (SSSR count). The standard InChI is InChI=1S/C29H26ClN7O2/c1-34-16-20(14-32-34)18-10-22-25-19(13-31-22)12-24(28(38)35(2)23(25)11-18)36-9-8-21-26(29(36)39)33-37(27(21)30)15-17-6-4-3-5-7-17/h3-7,10-11,13-14,16,24,31H,8-9,12,15H2,1-2H3/t24-/m0/s1. The zero-order valence-electron chi connectivity index (χ0n) is 21.6. The fourth-order valence-electron chi connectivity index (χ4n) is 5.86. The number of benzene rings is 2. The number of fused-ring (bicyclic) bond motifs is 1. The molecule has 0 bridgehead atoms. The molecule has 9 nitrogen and oxygen atoms in total. The summed E-state index contributed by atoms with van der Waals surface area (Å²) in [6, 6.07) is 13.3. The Labute approximate surface area is 229 Å². The Balaban J connectivity index is 1.23. The van der Waals surface area contributed by atoms with Gasteiger partial charge < -0.3 is 14.8 Å². The molecule has 1 atom stereocenters. The van der Waals surface area contributed by atoms with Crippen LogP contribution in [-0.2, 0) is 31.2 Å². The van der Waals surface area contributed by atoms with E-state index in [9.17, 15) is 9.59 Å². The van der Waals surface area contributed by atoms with E-state index in [-0.39, 0.29) is 11.8 Å². The van der Waals surface area contributed by atoms with E-state index < -0.39 is 6.04 Å². The van der Waals surface area contributed by atoms with Gasteiger partial charge in [0.1, 0.15) is 11.2 Å². The summed E-state index contributed by atoms with van der Waals surface area (Å²) in [6.45, 7) is 0.874. The summed E-state index contributed by atoms with van der Waals surface area (Å²) in [7, 11) is 3.66. The van der Waals surface area contributed by atoms with Crippen LogP contribution in [0.15, 0.2) is 61.1 Å². The molecule has 0 radical (unpaired) electrons. The van der Waals surface area contributed by atoms with Crippen molar-refractivity contribution in [1.82, 2.24) is 29.4 Å². The van der Waals surface area contributed by atoms with Gasteiger partial charge in [0.25, 0.3) is 5.91 Å². The molecule has 2 amide bonds. The largest absolute Gasteiger partial charge is 0.361 e. The van der Waals surface area contributed by atoms with E-state index in [1.165, 1.54) is 0 Å². The van der Waals surface area contributed by atoms with E-state index in [0.29, 0.717) is 36.8 Å².